The Hall–Kier alpha value is -1.59. The van der Waals surface area contributed by atoms with Gasteiger partial charge in [0.2, 0.25) is 5.91 Å². The normalized spacial score (nSPS) is 24.8. The molecular formula is C17H25NO4. The van der Waals surface area contributed by atoms with Crippen molar-refractivity contribution in [1.82, 2.24) is 5.32 Å². The van der Waals surface area contributed by atoms with Gasteiger partial charge < -0.3 is 19.9 Å². The molecule has 22 heavy (non-hydrogen) atoms. The number of aliphatic hydroxyl groups excluding tert-OH is 1. The summed E-state index contributed by atoms with van der Waals surface area (Å²) in [5.74, 6) is 0.770. The average molecular weight is 307 g/mol. The van der Waals surface area contributed by atoms with Crippen LogP contribution >= 0.6 is 0 Å². The van der Waals surface area contributed by atoms with Crippen molar-refractivity contribution >= 4 is 5.91 Å². The first kappa shape index (κ1) is 16.8. The molecule has 1 aromatic rings. The van der Waals surface area contributed by atoms with E-state index in [2.05, 4.69) is 5.32 Å². The summed E-state index contributed by atoms with van der Waals surface area (Å²) < 4.78 is 10.9. The zero-order valence-corrected chi connectivity index (χ0v) is 13.2. The van der Waals surface area contributed by atoms with E-state index in [-0.39, 0.29) is 17.9 Å². The first-order chi connectivity index (χ1) is 10.6. The summed E-state index contributed by atoms with van der Waals surface area (Å²) in [6, 6.07) is 7.81. The van der Waals surface area contributed by atoms with Crippen LogP contribution in [-0.2, 0) is 9.53 Å². The number of carbonyl (C=O) groups excluding carboxylic acids is 1. The van der Waals surface area contributed by atoms with Crippen molar-refractivity contribution in [2.45, 2.75) is 38.4 Å². The minimum Gasteiger partial charge on any atom is -0.491 e. The van der Waals surface area contributed by atoms with Crippen LogP contribution in [0.3, 0.4) is 0 Å². The number of benzene rings is 1. The topological polar surface area (TPSA) is 67.8 Å². The van der Waals surface area contributed by atoms with Gasteiger partial charge in [-0.3, -0.25) is 4.79 Å². The largest absolute Gasteiger partial charge is 0.491 e. The van der Waals surface area contributed by atoms with Crippen LogP contribution in [-0.4, -0.2) is 43.5 Å². The van der Waals surface area contributed by atoms with Crippen molar-refractivity contribution in [3.63, 3.8) is 0 Å². The average Bonchev–Trinajstić information content (AvgIpc) is 2.53. The van der Waals surface area contributed by atoms with E-state index >= 15 is 0 Å². The Kier molecular flexibility index (Phi) is 6.21. The molecule has 0 saturated heterocycles. The van der Waals surface area contributed by atoms with Crippen molar-refractivity contribution in [2.24, 2.45) is 5.92 Å². The van der Waals surface area contributed by atoms with E-state index in [0.717, 1.165) is 11.3 Å². The fourth-order valence-electron chi connectivity index (χ4n) is 2.80. The highest BCUT2D eigenvalue weighted by molar-refractivity contribution is 5.78. The summed E-state index contributed by atoms with van der Waals surface area (Å²) in [4.78, 5) is 12.1. The minimum absolute atomic E-state index is 0.0160. The summed E-state index contributed by atoms with van der Waals surface area (Å²) in [6.45, 7) is 2.91. The number of para-hydroxylation sites is 1. The molecule has 0 radical (unpaired) electrons. The molecule has 0 aliphatic heterocycles. The number of hydrogen-bond donors (Lipinski definition) is 2. The number of rotatable bonds is 6. The molecule has 1 fully saturated rings. The zero-order valence-electron chi connectivity index (χ0n) is 13.2. The minimum atomic E-state index is -0.460. The van der Waals surface area contributed by atoms with Crippen molar-refractivity contribution in [1.29, 1.82) is 0 Å². The Morgan fingerprint density at radius 2 is 2.14 bits per heavy atom. The number of aliphatic hydroxyl groups is 1. The van der Waals surface area contributed by atoms with Gasteiger partial charge in [0, 0.05) is 13.0 Å². The van der Waals surface area contributed by atoms with Crippen LogP contribution in [0.15, 0.2) is 24.3 Å². The zero-order chi connectivity index (χ0) is 15.9. The Labute approximate surface area is 131 Å². The maximum atomic E-state index is 12.1. The number of hydrogen-bond acceptors (Lipinski definition) is 4. The second-order valence-electron chi connectivity index (χ2n) is 5.76. The molecule has 1 aliphatic carbocycles. The van der Waals surface area contributed by atoms with Crippen LogP contribution in [0.2, 0.25) is 0 Å². The monoisotopic (exact) mass is 307 g/mol. The van der Waals surface area contributed by atoms with E-state index in [0.29, 0.717) is 32.4 Å². The maximum absolute atomic E-state index is 12.1. The Morgan fingerprint density at radius 1 is 1.36 bits per heavy atom. The lowest BCUT2D eigenvalue weighted by atomic mass is 9.84. The molecule has 0 aromatic heterocycles. The van der Waals surface area contributed by atoms with Crippen LogP contribution in [0.25, 0.3) is 0 Å². The van der Waals surface area contributed by atoms with Crippen molar-refractivity contribution < 1.29 is 19.4 Å². The Morgan fingerprint density at radius 3 is 2.86 bits per heavy atom. The molecule has 1 aromatic carbocycles. The summed E-state index contributed by atoms with van der Waals surface area (Å²) in [5, 5.41) is 12.7. The quantitative estimate of drug-likeness (QED) is 0.785. The first-order valence-corrected chi connectivity index (χ1v) is 7.78. The molecule has 1 aliphatic rings. The first-order valence-electron chi connectivity index (χ1n) is 7.78. The fraction of sp³-hybridized carbons (Fsp3) is 0.588. The molecule has 122 valence electrons. The second kappa shape index (κ2) is 8.15. The predicted octanol–water partition coefficient (Wildman–Crippen LogP) is 1.67. The number of nitrogens with one attached hydrogen (secondary N) is 1. The van der Waals surface area contributed by atoms with Gasteiger partial charge in [-0.2, -0.15) is 0 Å². The van der Waals surface area contributed by atoms with Gasteiger partial charge >= 0.3 is 0 Å². The Balaban J connectivity index is 1.71. The van der Waals surface area contributed by atoms with Crippen LogP contribution < -0.4 is 10.1 Å². The molecule has 1 amide bonds. The molecule has 0 heterocycles. The lowest BCUT2D eigenvalue weighted by Crippen LogP contribution is -2.42. The van der Waals surface area contributed by atoms with E-state index in [4.69, 9.17) is 9.47 Å². The maximum Gasteiger partial charge on any atom is 0.223 e. The molecule has 5 nitrogen and oxygen atoms in total. The highest BCUT2D eigenvalue weighted by Crippen LogP contribution is 2.26. The van der Waals surface area contributed by atoms with Gasteiger partial charge in [0.1, 0.15) is 12.4 Å². The fourth-order valence-corrected chi connectivity index (χ4v) is 2.80. The summed E-state index contributed by atoms with van der Waals surface area (Å²) in [6.07, 6.45) is 1.18. The van der Waals surface area contributed by atoms with Crippen molar-refractivity contribution in [3.05, 3.63) is 29.8 Å². The van der Waals surface area contributed by atoms with E-state index < -0.39 is 6.10 Å². The smallest absolute Gasteiger partial charge is 0.223 e. The molecular weight excluding hydrogens is 282 g/mol. The van der Waals surface area contributed by atoms with Gasteiger partial charge in [0.05, 0.1) is 18.8 Å². The lowest BCUT2D eigenvalue weighted by molar-refractivity contribution is -0.130. The van der Waals surface area contributed by atoms with Gasteiger partial charge in [-0.15, -0.1) is 0 Å². The third-order valence-electron chi connectivity index (χ3n) is 4.18. The number of amides is 1. The molecule has 0 bridgehead atoms. The summed E-state index contributed by atoms with van der Waals surface area (Å²) >= 11 is 0. The molecule has 2 N–H and O–H groups in total. The molecule has 3 unspecified atom stereocenters. The number of carbonyl (C=O) groups is 1. The van der Waals surface area contributed by atoms with Crippen LogP contribution in [0.5, 0.6) is 5.75 Å². The van der Waals surface area contributed by atoms with Gasteiger partial charge in [-0.25, -0.2) is 0 Å². The molecule has 2 rings (SSSR count). The van der Waals surface area contributed by atoms with Gasteiger partial charge in [-0.05, 0) is 37.8 Å². The van der Waals surface area contributed by atoms with Gasteiger partial charge in [0.25, 0.3) is 0 Å². The van der Waals surface area contributed by atoms with Crippen LogP contribution in [0, 0.1) is 12.8 Å². The second-order valence-corrected chi connectivity index (χ2v) is 5.76. The molecule has 3 atom stereocenters. The van der Waals surface area contributed by atoms with Crippen LogP contribution in [0.1, 0.15) is 24.8 Å². The SMILES string of the molecule is COC1CC(C(=O)NCCOc2ccccc2C)CCC1O. The predicted molar refractivity (Wildman–Crippen MR) is 83.8 cm³/mol. The highest BCUT2D eigenvalue weighted by atomic mass is 16.5. The van der Waals surface area contributed by atoms with E-state index in [9.17, 15) is 9.90 Å². The summed E-state index contributed by atoms with van der Waals surface area (Å²) in [5.41, 5.74) is 1.08. The summed E-state index contributed by atoms with van der Waals surface area (Å²) in [7, 11) is 1.57. The van der Waals surface area contributed by atoms with Gasteiger partial charge in [0.15, 0.2) is 0 Å². The molecule has 1 saturated carbocycles. The van der Waals surface area contributed by atoms with E-state index in [1.807, 2.05) is 31.2 Å². The number of methoxy groups -OCH3 is 1. The Bertz CT molecular complexity index is 491. The number of aryl methyl sites for hydroxylation is 1. The van der Waals surface area contributed by atoms with Gasteiger partial charge in [-0.1, -0.05) is 18.2 Å². The highest BCUT2D eigenvalue weighted by Gasteiger charge is 2.32. The van der Waals surface area contributed by atoms with Crippen molar-refractivity contribution in [3.8, 4) is 5.75 Å². The van der Waals surface area contributed by atoms with E-state index in [1.54, 1.807) is 7.11 Å². The van der Waals surface area contributed by atoms with Crippen LogP contribution in [0.4, 0.5) is 0 Å². The third-order valence-corrected chi connectivity index (χ3v) is 4.18. The molecule has 5 heteroatoms. The lowest BCUT2D eigenvalue weighted by Gasteiger charge is -2.31. The van der Waals surface area contributed by atoms with E-state index in [1.165, 1.54) is 0 Å². The third kappa shape index (κ3) is 4.45. The molecule has 0 spiro atoms. The number of ether oxygens (including phenoxy) is 2. The standard InChI is InChI=1S/C17H25NO4/c1-12-5-3-4-6-15(12)22-10-9-18-17(20)13-7-8-14(19)16(11-13)21-2/h3-6,13-14,16,19H,7-11H2,1-2H3,(H,18,20). The van der Waals surface area contributed by atoms with Crippen molar-refractivity contribution in [2.75, 3.05) is 20.3 Å².